The van der Waals surface area contributed by atoms with Gasteiger partial charge in [0.25, 0.3) is 0 Å². The first-order valence-electron chi connectivity index (χ1n) is 7.76. The fourth-order valence-corrected chi connectivity index (χ4v) is 2.08. The van der Waals surface area contributed by atoms with E-state index in [-0.39, 0.29) is 0 Å². The van der Waals surface area contributed by atoms with Crippen LogP contribution in [0, 0.1) is 5.92 Å². The van der Waals surface area contributed by atoms with Gasteiger partial charge in [0.05, 0.1) is 6.61 Å². The molecule has 0 fully saturated rings. The van der Waals surface area contributed by atoms with Crippen LogP contribution in [0.2, 0.25) is 0 Å². The maximum absolute atomic E-state index is 5.72. The van der Waals surface area contributed by atoms with Crippen LogP contribution in [0.25, 0.3) is 0 Å². The molecule has 1 rings (SSSR count). The maximum Gasteiger partial charge on any atom is 0.0593 e. The predicted octanol–water partition coefficient (Wildman–Crippen LogP) is 3.54. The van der Waals surface area contributed by atoms with Crippen molar-refractivity contribution in [1.82, 2.24) is 4.90 Å². The largest absolute Gasteiger partial charge is 0.399 e. The first kappa shape index (κ1) is 17.0. The molecule has 20 heavy (non-hydrogen) atoms. The van der Waals surface area contributed by atoms with Crippen molar-refractivity contribution in [3.05, 3.63) is 29.8 Å². The van der Waals surface area contributed by atoms with Crippen molar-refractivity contribution in [2.45, 2.75) is 40.2 Å². The van der Waals surface area contributed by atoms with E-state index in [9.17, 15) is 0 Å². The molecule has 2 N–H and O–H groups in total. The quantitative estimate of drug-likeness (QED) is 0.525. The molecule has 0 heterocycles. The van der Waals surface area contributed by atoms with Gasteiger partial charge in [-0.1, -0.05) is 32.9 Å². The van der Waals surface area contributed by atoms with Crippen LogP contribution in [0.5, 0.6) is 0 Å². The van der Waals surface area contributed by atoms with Crippen LogP contribution in [0.4, 0.5) is 5.69 Å². The molecule has 0 saturated heterocycles. The molecule has 0 atom stereocenters. The number of hydrogen-bond acceptors (Lipinski definition) is 3. The first-order valence-corrected chi connectivity index (χ1v) is 7.76. The van der Waals surface area contributed by atoms with Crippen LogP contribution in [0.15, 0.2) is 24.3 Å². The lowest BCUT2D eigenvalue weighted by Gasteiger charge is -2.22. The minimum Gasteiger partial charge on any atom is -0.399 e. The smallest absolute Gasteiger partial charge is 0.0593 e. The van der Waals surface area contributed by atoms with Crippen LogP contribution in [0.3, 0.4) is 0 Å². The van der Waals surface area contributed by atoms with Crippen molar-refractivity contribution in [1.29, 1.82) is 0 Å². The zero-order chi connectivity index (χ0) is 14.8. The average Bonchev–Trinajstić information content (AvgIpc) is 2.40. The normalized spacial score (nSPS) is 11.4. The molecule has 0 aromatic heterocycles. The zero-order valence-electron chi connectivity index (χ0n) is 13.3. The van der Waals surface area contributed by atoms with Gasteiger partial charge in [-0.15, -0.1) is 0 Å². The molecule has 0 bridgehead atoms. The Morgan fingerprint density at radius 3 is 2.40 bits per heavy atom. The summed E-state index contributed by atoms with van der Waals surface area (Å²) >= 11 is 0. The number of rotatable bonds is 10. The number of benzene rings is 1. The third-order valence-electron chi connectivity index (χ3n) is 3.32. The van der Waals surface area contributed by atoms with Gasteiger partial charge in [-0.25, -0.2) is 0 Å². The maximum atomic E-state index is 5.72. The summed E-state index contributed by atoms with van der Waals surface area (Å²) in [7, 11) is 0. The number of nitrogens with two attached hydrogens (primary N) is 1. The highest BCUT2D eigenvalue weighted by Crippen LogP contribution is 2.09. The molecule has 0 aliphatic heterocycles. The van der Waals surface area contributed by atoms with E-state index in [0.29, 0.717) is 0 Å². The summed E-state index contributed by atoms with van der Waals surface area (Å²) in [6.07, 6.45) is 2.31. The molecule has 0 saturated carbocycles. The molecule has 1 aromatic rings. The van der Waals surface area contributed by atoms with Crippen molar-refractivity contribution in [2.24, 2.45) is 5.92 Å². The molecule has 0 spiro atoms. The van der Waals surface area contributed by atoms with E-state index in [1.54, 1.807) is 0 Å². The summed E-state index contributed by atoms with van der Waals surface area (Å²) in [5, 5.41) is 0. The Labute approximate surface area is 124 Å². The SMILES string of the molecule is CCCN(CCOCCC(C)C)Cc1ccc(N)cc1. The number of anilines is 1. The van der Waals surface area contributed by atoms with Gasteiger partial charge in [0, 0.05) is 25.4 Å². The number of ether oxygens (including phenoxy) is 1. The number of hydrogen-bond donors (Lipinski definition) is 1. The lowest BCUT2D eigenvalue weighted by molar-refractivity contribution is 0.0938. The predicted molar refractivity (Wildman–Crippen MR) is 86.7 cm³/mol. The fraction of sp³-hybridized carbons (Fsp3) is 0.647. The van der Waals surface area contributed by atoms with Crippen molar-refractivity contribution in [3.8, 4) is 0 Å². The van der Waals surface area contributed by atoms with Crippen LogP contribution >= 0.6 is 0 Å². The number of nitrogens with zero attached hydrogens (tertiary/aromatic N) is 1. The van der Waals surface area contributed by atoms with E-state index >= 15 is 0 Å². The lowest BCUT2D eigenvalue weighted by atomic mass is 10.1. The highest BCUT2D eigenvalue weighted by molar-refractivity contribution is 5.39. The van der Waals surface area contributed by atoms with Gasteiger partial charge in [0.2, 0.25) is 0 Å². The minimum atomic E-state index is 0.719. The Kier molecular flexibility index (Phi) is 8.31. The second-order valence-electron chi connectivity index (χ2n) is 5.81. The Morgan fingerprint density at radius 2 is 1.80 bits per heavy atom. The molecule has 3 nitrogen and oxygen atoms in total. The summed E-state index contributed by atoms with van der Waals surface area (Å²) in [6.45, 7) is 11.5. The highest BCUT2D eigenvalue weighted by atomic mass is 16.5. The third-order valence-corrected chi connectivity index (χ3v) is 3.32. The van der Waals surface area contributed by atoms with Gasteiger partial charge < -0.3 is 10.5 Å². The standard InChI is InChI=1S/C17H30N2O/c1-4-10-19(11-13-20-12-9-15(2)3)14-16-5-7-17(18)8-6-16/h5-8,15H,4,9-14,18H2,1-3H3. The van der Waals surface area contributed by atoms with Gasteiger partial charge >= 0.3 is 0 Å². The Bertz CT molecular complexity index is 349. The van der Waals surface area contributed by atoms with Gasteiger partial charge in [0.15, 0.2) is 0 Å². The fourth-order valence-electron chi connectivity index (χ4n) is 2.08. The van der Waals surface area contributed by atoms with E-state index in [0.717, 1.165) is 50.9 Å². The molecule has 114 valence electrons. The molecular weight excluding hydrogens is 248 g/mol. The molecule has 0 amide bonds. The van der Waals surface area contributed by atoms with Crippen molar-refractivity contribution in [3.63, 3.8) is 0 Å². The van der Waals surface area contributed by atoms with E-state index in [1.807, 2.05) is 12.1 Å². The summed E-state index contributed by atoms with van der Waals surface area (Å²) in [4.78, 5) is 2.45. The molecular formula is C17H30N2O. The monoisotopic (exact) mass is 278 g/mol. The second-order valence-corrected chi connectivity index (χ2v) is 5.81. The molecule has 0 radical (unpaired) electrons. The minimum absolute atomic E-state index is 0.719. The summed E-state index contributed by atoms with van der Waals surface area (Å²) in [5.74, 6) is 0.719. The van der Waals surface area contributed by atoms with Crippen molar-refractivity contribution >= 4 is 5.69 Å². The summed E-state index contributed by atoms with van der Waals surface area (Å²) < 4.78 is 5.72. The van der Waals surface area contributed by atoms with Crippen molar-refractivity contribution < 1.29 is 4.74 Å². The summed E-state index contributed by atoms with van der Waals surface area (Å²) in [6, 6.07) is 8.16. The number of nitrogen functional groups attached to an aromatic ring is 1. The molecule has 0 unspecified atom stereocenters. The van der Waals surface area contributed by atoms with E-state index in [2.05, 4.69) is 37.8 Å². The highest BCUT2D eigenvalue weighted by Gasteiger charge is 2.05. The zero-order valence-corrected chi connectivity index (χ0v) is 13.3. The topological polar surface area (TPSA) is 38.5 Å². The van der Waals surface area contributed by atoms with Gasteiger partial charge in [-0.3, -0.25) is 4.90 Å². The van der Waals surface area contributed by atoms with Crippen LogP contribution in [-0.4, -0.2) is 31.2 Å². The van der Waals surface area contributed by atoms with Crippen LogP contribution in [-0.2, 0) is 11.3 Å². The molecule has 0 aliphatic carbocycles. The Morgan fingerprint density at radius 1 is 1.10 bits per heavy atom. The third kappa shape index (κ3) is 7.51. The first-order chi connectivity index (χ1) is 9.61. The van der Waals surface area contributed by atoms with Crippen molar-refractivity contribution in [2.75, 3.05) is 32.0 Å². The van der Waals surface area contributed by atoms with Gasteiger partial charge in [-0.2, -0.15) is 0 Å². The van der Waals surface area contributed by atoms with Gasteiger partial charge in [0.1, 0.15) is 0 Å². The van der Waals surface area contributed by atoms with Crippen LogP contribution in [0.1, 0.15) is 39.2 Å². The Hall–Kier alpha value is -1.06. The molecule has 0 aliphatic rings. The lowest BCUT2D eigenvalue weighted by Crippen LogP contribution is -2.28. The average molecular weight is 278 g/mol. The van der Waals surface area contributed by atoms with E-state index < -0.39 is 0 Å². The Balaban J connectivity index is 2.30. The van der Waals surface area contributed by atoms with Gasteiger partial charge in [-0.05, 0) is 43.0 Å². The van der Waals surface area contributed by atoms with E-state index in [4.69, 9.17) is 10.5 Å². The molecule has 1 aromatic carbocycles. The molecule has 3 heteroatoms. The summed E-state index contributed by atoms with van der Waals surface area (Å²) in [5.41, 5.74) is 7.86. The van der Waals surface area contributed by atoms with Crippen LogP contribution < -0.4 is 5.73 Å². The van der Waals surface area contributed by atoms with E-state index in [1.165, 1.54) is 12.0 Å². The second kappa shape index (κ2) is 9.78.